The van der Waals surface area contributed by atoms with Gasteiger partial charge >= 0.3 is 0 Å². The highest BCUT2D eigenvalue weighted by Crippen LogP contribution is 2.26. The Bertz CT molecular complexity index is 717. The smallest absolute Gasteiger partial charge is 0.229 e. The first-order valence-electron chi connectivity index (χ1n) is 8.47. The first-order chi connectivity index (χ1) is 12.2. The highest BCUT2D eigenvalue weighted by molar-refractivity contribution is 5.58. The quantitative estimate of drug-likeness (QED) is 0.712. The molecule has 0 bridgehead atoms. The fraction of sp³-hybridized carbons (Fsp3) is 0.444. The van der Waals surface area contributed by atoms with Crippen LogP contribution in [0.2, 0.25) is 0 Å². The number of rotatable bonds is 7. The second-order valence-corrected chi connectivity index (χ2v) is 6.05. The van der Waals surface area contributed by atoms with Crippen molar-refractivity contribution in [3.63, 3.8) is 0 Å². The molecule has 1 aromatic carbocycles. The Kier molecular flexibility index (Phi) is 5.67. The number of methoxy groups -OCH3 is 1. The Hall–Kier alpha value is -2.38. The first kappa shape index (κ1) is 17.4. The van der Waals surface area contributed by atoms with Crippen molar-refractivity contribution >= 4 is 17.5 Å². The largest absolute Gasteiger partial charge is 0.496 e. The fourth-order valence-electron chi connectivity index (χ4n) is 2.83. The highest BCUT2D eigenvalue weighted by Gasteiger charge is 2.16. The second-order valence-electron chi connectivity index (χ2n) is 6.05. The lowest BCUT2D eigenvalue weighted by atomic mass is 10.2. The molecule has 7 heteroatoms. The van der Waals surface area contributed by atoms with Gasteiger partial charge in [-0.15, -0.1) is 0 Å². The van der Waals surface area contributed by atoms with Crippen molar-refractivity contribution in [2.75, 3.05) is 37.9 Å². The lowest BCUT2D eigenvalue weighted by Crippen LogP contribution is -2.16. The molecule has 0 radical (unpaired) electrons. The number of benzene rings is 1. The van der Waals surface area contributed by atoms with Crippen LogP contribution in [0.15, 0.2) is 24.3 Å². The number of ether oxygens (including phenoxy) is 2. The minimum atomic E-state index is 0.264. The molecule has 0 aliphatic carbocycles. The maximum absolute atomic E-state index is 5.98. The van der Waals surface area contributed by atoms with Crippen molar-refractivity contribution < 1.29 is 9.47 Å². The zero-order chi connectivity index (χ0) is 17.6. The molecule has 1 atom stereocenters. The summed E-state index contributed by atoms with van der Waals surface area (Å²) in [5, 5.41) is 9.60. The van der Waals surface area contributed by atoms with Crippen LogP contribution in [0.1, 0.15) is 17.7 Å². The van der Waals surface area contributed by atoms with Crippen molar-refractivity contribution in [1.29, 1.82) is 0 Å². The third-order valence-corrected chi connectivity index (χ3v) is 4.14. The molecule has 1 aliphatic heterocycles. The Balaban J connectivity index is 1.75. The van der Waals surface area contributed by atoms with Crippen LogP contribution in [0.25, 0.3) is 0 Å². The lowest BCUT2D eigenvalue weighted by molar-refractivity contribution is 0.0531. The topological polar surface area (TPSA) is 80.3 Å². The third kappa shape index (κ3) is 4.58. The maximum atomic E-state index is 5.98. The predicted octanol–water partition coefficient (Wildman–Crippen LogP) is 2.46. The minimum absolute atomic E-state index is 0.264. The normalized spacial score (nSPS) is 16.7. The Morgan fingerprint density at radius 3 is 2.88 bits per heavy atom. The third-order valence-electron chi connectivity index (χ3n) is 4.14. The Morgan fingerprint density at radius 1 is 1.28 bits per heavy atom. The van der Waals surface area contributed by atoms with Gasteiger partial charge in [-0.25, -0.2) is 4.98 Å². The number of aryl methyl sites for hydroxylation is 1. The summed E-state index contributed by atoms with van der Waals surface area (Å²) in [5.74, 6) is 2.15. The fourth-order valence-corrected chi connectivity index (χ4v) is 2.83. The maximum Gasteiger partial charge on any atom is 0.229 e. The average Bonchev–Trinajstić information content (AvgIpc) is 3.13. The van der Waals surface area contributed by atoms with Crippen LogP contribution in [0.5, 0.6) is 5.75 Å². The van der Waals surface area contributed by atoms with Gasteiger partial charge in [0.25, 0.3) is 0 Å². The second kappa shape index (κ2) is 8.13. The van der Waals surface area contributed by atoms with Gasteiger partial charge in [0.15, 0.2) is 0 Å². The van der Waals surface area contributed by atoms with Gasteiger partial charge in [-0.1, -0.05) is 0 Å². The monoisotopic (exact) mass is 343 g/mol. The predicted molar refractivity (Wildman–Crippen MR) is 98.7 cm³/mol. The molecule has 2 aromatic rings. The van der Waals surface area contributed by atoms with Gasteiger partial charge < -0.3 is 25.4 Å². The SMILES string of the molecule is CNc1cc(C)nc(Nc2ccc(OC)c(COC3CCNC3)c2)n1. The van der Waals surface area contributed by atoms with E-state index in [2.05, 4.69) is 25.9 Å². The van der Waals surface area contributed by atoms with E-state index in [9.17, 15) is 0 Å². The lowest BCUT2D eigenvalue weighted by Gasteiger charge is -2.15. The number of hydrogen-bond acceptors (Lipinski definition) is 7. The summed E-state index contributed by atoms with van der Waals surface area (Å²) in [5.41, 5.74) is 2.80. The molecule has 1 saturated heterocycles. The molecule has 1 aliphatic rings. The molecule has 3 N–H and O–H groups in total. The van der Waals surface area contributed by atoms with Crippen LogP contribution in [0.3, 0.4) is 0 Å². The Labute approximate surface area is 148 Å². The van der Waals surface area contributed by atoms with Crippen LogP contribution in [-0.2, 0) is 11.3 Å². The van der Waals surface area contributed by atoms with Crippen LogP contribution < -0.4 is 20.7 Å². The molecule has 25 heavy (non-hydrogen) atoms. The summed E-state index contributed by atoms with van der Waals surface area (Å²) < 4.78 is 11.4. The molecule has 7 nitrogen and oxygen atoms in total. The van der Waals surface area contributed by atoms with Crippen molar-refractivity contribution in [3.8, 4) is 5.75 Å². The summed E-state index contributed by atoms with van der Waals surface area (Å²) in [6.07, 6.45) is 1.31. The van der Waals surface area contributed by atoms with Gasteiger partial charge in [-0.3, -0.25) is 0 Å². The van der Waals surface area contributed by atoms with E-state index in [1.54, 1.807) is 7.11 Å². The number of nitrogens with one attached hydrogen (secondary N) is 3. The van der Waals surface area contributed by atoms with Crippen molar-refractivity contribution in [3.05, 3.63) is 35.5 Å². The van der Waals surface area contributed by atoms with Crippen LogP contribution in [0.4, 0.5) is 17.5 Å². The Morgan fingerprint density at radius 2 is 2.16 bits per heavy atom. The molecule has 3 rings (SSSR count). The molecule has 0 spiro atoms. The molecule has 1 aromatic heterocycles. The van der Waals surface area contributed by atoms with Gasteiger partial charge in [0.05, 0.1) is 19.8 Å². The molecule has 0 saturated carbocycles. The van der Waals surface area contributed by atoms with Crippen LogP contribution in [0, 0.1) is 6.92 Å². The summed E-state index contributed by atoms with van der Waals surface area (Å²) in [6.45, 7) is 4.38. The molecule has 134 valence electrons. The van der Waals surface area contributed by atoms with Gasteiger partial charge in [0.1, 0.15) is 11.6 Å². The average molecular weight is 343 g/mol. The number of hydrogen-bond donors (Lipinski definition) is 3. The van der Waals surface area contributed by atoms with Gasteiger partial charge in [-0.05, 0) is 38.1 Å². The van der Waals surface area contributed by atoms with Gasteiger partial charge in [0, 0.05) is 36.6 Å². The van der Waals surface area contributed by atoms with Crippen molar-refractivity contribution in [2.24, 2.45) is 0 Å². The number of aromatic nitrogens is 2. The number of anilines is 3. The van der Waals surface area contributed by atoms with E-state index in [0.717, 1.165) is 48.0 Å². The van der Waals surface area contributed by atoms with Gasteiger partial charge in [-0.2, -0.15) is 4.98 Å². The van der Waals surface area contributed by atoms with E-state index in [-0.39, 0.29) is 6.10 Å². The molecular formula is C18H25N5O2. The molecular weight excluding hydrogens is 318 g/mol. The summed E-state index contributed by atoms with van der Waals surface area (Å²) in [4.78, 5) is 8.85. The summed E-state index contributed by atoms with van der Waals surface area (Å²) in [6, 6.07) is 7.80. The minimum Gasteiger partial charge on any atom is -0.496 e. The van der Waals surface area contributed by atoms with Crippen molar-refractivity contribution in [1.82, 2.24) is 15.3 Å². The molecule has 2 heterocycles. The first-order valence-corrected chi connectivity index (χ1v) is 8.47. The molecule has 1 unspecified atom stereocenters. The van der Waals surface area contributed by atoms with E-state index in [1.165, 1.54) is 0 Å². The van der Waals surface area contributed by atoms with Crippen molar-refractivity contribution in [2.45, 2.75) is 26.1 Å². The zero-order valence-corrected chi connectivity index (χ0v) is 14.9. The van der Waals surface area contributed by atoms with Crippen LogP contribution >= 0.6 is 0 Å². The zero-order valence-electron chi connectivity index (χ0n) is 14.9. The van der Waals surface area contributed by atoms with E-state index in [0.29, 0.717) is 12.6 Å². The van der Waals surface area contributed by atoms with Gasteiger partial charge in [0.2, 0.25) is 5.95 Å². The summed E-state index contributed by atoms with van der Waals surface area (Å²) in [7, 11) is 3.51. The standard InChI is InChI=1S/C18H25N5O2/c1-12-8-17(19-2)23-18(21-12)22-14-4-5-16(24-3)13(9-14)11-25-15-6-7-20-10-15/h4-5,8-9,15,20H,6-7,10-11H2,1-3H3,(H2,19,21,22,23). The van der Waals surface area contributed by atoms with E-state index in [1.807, 2.05) is 38.2 Å². The number of nitrogens with zero attached hydrogens (tertiary/aromatic N) is 2. The van der Waals surface area contributed by atoms with Crippen LogP contribution in [-0.4, -0.2) is 43.3 Å². The van der Waals surface area contributed by atoms with E-state index >= 15 is 0 Å². The summed E-state index contributed by atoms with van der Waals surface area (Å²) >= 11 is 0. The van der Waals surface area contributed by atoms with E-state index in [4.69, 9.17) is 9.47 Å². The highest BCUT2D eigenvalue weighted by atomic mass is 16.5. The van der Waals surface area contributed by atoms with E-state index < -0.39 is 0 Å². The molecule has 1 fully saturated rings. The molecule has 0 amide bonds.